The van der Waals surface area contributed by atoms with Crippen LogP contribution in [0.3, 0.4) is 0 Å². The standard InChI is InChI=1S/C26H34F6N2O2/c1-14(2)20-10-19(34-23-5-6-36-13-22(23)16-3-4-16)11-21(20)24(35)33-12-15-7-17(25(27,28)29)9-18(8-15)26(30,31)32/h7-9,14,16,19-23,34H,3-6,10-13H2,1-2H3,(H,33,35)/t19-,20?,21-,22?,23?/m1/s1. The molecule has 1 heterocycles. The summed E-state index contributed by atoms with van der Waals surface area (Å²) in [6.07, 6.45) is -5.06. The molecule has 3 unspecified atom stereocenters. The molecule has 10 heteroatoms. The number of nitrogens with one attached hydrogen (secondary N) is 2. The van der Waals surface area contributed by atoms with E-state index in [0.29, 0.717) is 43.0 Å². The van der Waals surface area contributed by atoms with Crippen LogP contribution in [-0.2, 0) is 28.4 Å². The summed E-state index contributed by atoms with van der Waals surface area (Å²) < 4.78 is 84.7. The fourth-order valence-electron chi connectivity index (χ4n) is 5.94. The lowest BCUT2D eigenvalue weighted by Gasteiger charge is -2.34. The van der Waals surface area contributed by atoms with Crippen molar-refractivity contribution in [2.24, 2.45) is 29.6 Å². The predicted octanol–water partition coefficient (Wildman–Crippen LogP) is 5.80. The van der Waals surface area contributed by atoms with Gasteiger partial charge in [0, 0.05) is 37.1 Å². The van der Waals surface area contributed by atoms with Crippen LogP contribution in [0.15, 0.2) is 18.2 Å². The van der Waals surface area contributed by atoms with Gasteiger partial charge in [-0.1, -0.05) is 13.8 Å². The molecular weight excluding hydrogens is 486 g/mol. The molecule has 3 aliphatic rings. The second-order valence-corrected chi connectivity index (χ2v) is 11.0. The van der Waals surface area contributed by atoms with Gasteiger partial charge in [0.05, 0.1) is 17.7 Å². The molecule has 36 heavy (non-hydrogen) atoms. The lowest BCUT2D eigenvalue weighted by Crippen LogP contribution is -2.47. The first kappa shape index (κ1) is 27.2. The second-order valence-electron chi connectivity index (χ2n) is 11.0. The fourth-order valence-corrected chi connectivity index (χ4v) is 5.94. The van der Waals surface area contributed by atoms with Crippen molar-refractivity contribution in [2.45, 2.75) is 76.9 Å². The van der Waals surface area contributed by atoms with Crippen molar-refractivity contribution >= 4 is 5.91 Å². The van der Waals surface area contributed by atoms with E-state index in [4.69, 9.17) is 4.74 Å². The zero-order chi connectivity index (χ0) is 26.3. The van der Waals surface area contributed by atoms with E-state index < -0.39 is 30.0 Å². The highest BCUT2D eigenvalue weighted by molar-refractivity contribution is 5.79. The van der Waals surface area contributed by atoms with Crippen molar-refractivity contribution < 1.29 is 35.9 Å². The van der Waals surface area contributed by atoms with Crippen LogP contribution in [0.5, 0.6) is 0 Å². The molecule has 2 saturated carbocycles. The monoisotopic (exact) mass is 520 g/mol. The smallest absolute Gasteiger partial charge is 0.381 e. The maximum absolute atomic E-state index is 13.2. The number of alkyl halides is 6. The zero-order valence-electron chi connectivity index (χ0n) is 20.5. The topological polar surface area (TPSA) is 50.4 Å². The molecular formula is C26H34F6N2O2. The van der Waals surface area contributed by atoms with Gasteiger partial charge in [0.1, 0.15) is 0 Å². The first-order chi connectivity index (χ1) is 16.8. The van der Waals surface area contributed by atoms with Crippen molar-refractivity contribution in [2.75, 3.05) is 13.2 Å². The molecule has 1 aliphatic heterocycles. The number of amides is 1. The summed E-state index contributed by atoms with van der Waals surface area (Å²) in [4.78, 5) is 13.1. The summed E-state index contributed by atoms with van der Waals surface area (Å²) >= 11 is 0. The molecule has 202 valence electrons. The third kappa shape index (κ3) is 6.54. The minimum atomic E-state index is -4.92. The van der Waals surface area contributed by atoms with Gasteiger partial charge in [-0.25, -0.2) is 0 Å². The molecule has 4 nitrogen and oxygen atoms in total. The Morgan fingerprint density at radius 1 is 1.00 bits per heavy atom. The van der Waals surface area contributed by atoms with Gasteiger partial charge in [0.25, 0.3) is 0 Å². The quantitative estimate of drug-likeness (QED) is 0.447. The van der Waals surface area contributed by atoms with E-state index in [0.717, 1.165) is 19.4 Å². The first-order valence-corrected chi connectivity index (χ1v) is 12.7. The first-order valence-electron chi connectivity index (χ1n) is 12.7. The molecule has 0 radical (unpaired) electrons. The van der Waals surface area contributed by atoms with E-state index in [9.17, 15) is 31.1 Å². The Hall–Kier alpha value is -1.81. The Kier molecular flexibility index (Phi) is 7.95. The maximum Gasteiger partial charge on any atom is 0.416 e. The highest BCUT2D eigenvalue weighted by atomic mass is 19.4. The third-order valence-corrected chi connectivity index (χ3v) is 8.00. The summed E-state index contributed by atoms with van der Waals surface area (Å²) in [7, 11) is 0. The minimum absolute atomic E-state index is 0.0777. The molecule has 2 aliphatic carbocycles. The SMILES string of the molecule is CC(C)C1C[C@@H](NC2CCOCC2C2CC2)C[C@H]1C(=O)NCc1cc(C(F)(F)F)cc(C(F)(F)F)c1. The number of rotatable bonds is 7. The van der Waals surface area contributed by atoms with Crippen LogP contribution in [0.25, 0.3) is 0 Å². The van der Waals surface area contributed by atoms with Crippen LogP contribution >= 0.6 is 0 Å². The van der Waals surface area contributed by atoms with Crippen LogP contribution in [-0.4, -0.2) is 31.2 Å². The Balaban J connectivity index is 1.42. The molecule has 0 bridgehead atoms. The molecule has 2 N–H and O–H groups in total. The normalized spacial score (nSPS) is 29.5. The third-order valence-electron chi connectivity index (χ3n) is 8.00. The molecule has 0 spiro atoms. The molecule has 3 fully saturated rings. The number of hydrogen-bond donors (Lipinski definition) is 2. The van der Waals surface area contributed by atoms with Gasteiger partial charge >= 0.3 is 12.4 Å². The van der Waals surface area contributed by atoms with Crippen molar-refractivity contribution in [1.82, 2.24) is 10.6 Å². The number of carbonyl (C=O) groups excluding carboxylic acids is 1. The van der Waals surface area contributed by atoms with Gasteiger partial charge in [-0.3, -0.25) is 4.79 Å². The number of halogens is 6. The van der Waals surface area contributed by atoms with Gasteiger partial charge in [0.2, 0.25) is 5.91 Å². The zero-order valence-corrected chi connectivity index (χ0v) is 20.5. The van der Waals surface area contributed by atoms with Crippen LogP contribution in [0, 0.1) is 29.6 Å². The van der Waals surface area contributed by atoms with Crippen LogP contribution < -0.4 is 10.6 Å². The Bertz CT molecular complexity index is 896. The summed E-state index contributed by atoms with van der Waals surface area (Å²) in [6, 6.07) is 1.91. The average Bonchev–Trinajstić information content (AvgIpc) is 3.55. The average molecular weight is 521 g/mol. The van der Waals surface area contributed by atoms with E-state index in [1.54, 1.807) is 0 Å². The van der Waals surface area contributed by atoms with Gasteiger partial charge in [0.15, 0.2) is 0 Å². The molecule has 1 amide bonds. The molecule has 1 aromatic carbocycles. The largest absolute Gasteiger partial charge is 0.416 e. The van der Waals surface area contributed by atoms with Crippen molar-refractivity contribution in [3.05, 3.63) is 34.9 Å². The van der Waals surface area contributed by atoms with Crippen LogP contribution in [0.4, 0.5) is 26.3 Å². The summed E-state index contributed by atoms with van der Waals surface area (Å²) in [5, 5.41) is 6.39. The number of benzene rings is 1. The lowest BCUT2D eigenvalue weighted by atomic mass is 9.85. The Morgan fingerprint density at radius 2 is 1.64 bits per heavy atom. The van der Waals surface area contributed by atoms with Crippen molar-refractivity contribution in [1.29, 1.82) is 0 Å². The minimum Gasteiger partial charge on any atom is -0.381 e. The van der Waals surface area contributed by atoms with E-state index in [1.807, 2.05) is 13.8 Å². The molecule has 4 rings (SSSR count). The van der Waals surface area contributed by atoms with Crippen LogP contribution in [0.2, 0.25) is 0 Å². The van der Waals surface area contributed by atoms with E-state index in [1.165, 1.54) is 12.8 Å². The second kappa shape index (κ2) is 10.5. The molecule has 1 saturated heterocycles. The summed E-state index contributed by atoms with van der Waals surface area (Å²) in [6.45, 7) is 5.15. The van der Waals surface area contributed by atoms with Crippen molar-refractivity contribution in [3.8, 4) is 0 Å². The number of ether oxygens (including phenoxy) is 1. The fraction of sp³-hybridized carbons (Fsp3) is 0.731. The Morgan fingerprint density at radius 3 is 2.19 bits per heavy atom. The molecule has 0 aromatic heterocycles. The van der Waals surface area contributed by atoms with Crippen molar-refractivity contribution in [3.63, 3.8) is 0 Å². The van der Waals surface area contributed by atoms with Gasteiger partial charge < -0.3 is 15.4 Å². The Labute approximate surface area is 207 Å². The maximum atomic E-state index is 13.2. The number of carbonyl (C=O) groups is 1. The van der Waals surface area contributed by atoms with Crippen LogP contribution in [0.1, 0.15) is 62.6 Å². The highest BCUT2D eigenvalue weighted by Crippen LogP contribution is 2.43. The van der Waals surface area contributed by atoms with E-state index in [2.05, 4.69) is 10.6 Å². The number of hydrogen-bond acceptors (Lipinski definition) is 3. The lowest BCUT2D eigenvalue weighted by molar-refractivity contribution is -0.143. The van der Waals surface area contributed by atoms with E-state index in [-0.39, 0.29) is 41.3 Å². The van der Waals surface area contributed by atoms with Gasteiger partial charge in [-0.05, 0) is 73.6 Å². The predicted molar refractivity (Wildman–Crippen MR) is 122 cm³/mol. The van der Waals surface area contributed by atoms with Gasteiger partial charge in [-0.15, -0.1) is 0 Å². The summed E-state index contributed by atoms with van der Waals surface area (Å²) in [5.74, 6) is 0.788. The van der Waals surface area contributed by atoms with Gasteiger partial charge in [-0.2, -0.15) is 26.3 Å². The molecule has 5 atom stereocenters. The highest BCUT2D eigenvalue weighted by Gasteiger charge is 2.44. The molecule has 1 aromatic rings. The summed E-state index contributed by atoms with van der Waals surface area (Å²) in [5.41, 5.74) is -2.99. The van der Waals surface area contributed by atoms with E-state index >= 15 is 0 Å².